The van der Waals surface area contributed by atoms with Gasteiger partial charge in [-0.05, 0) is 66.2 Å². The van der Waals surface area contributed by atoms with Crippen LogP contribution in [0, 0.1) is 22.9 Å². The van der Waals surface area contributed by atoms with Crippen LogP contribution in [-0.4, -0.2) is 21.0 Å². The smallest absolute Gasteiger partial charge is 0.268 e. The molecule has 0 aliphatic carbocycles. The summed E-state index contributed by atoms with van der Waals surface area (Å²) in [5.41, 5.74) is 2.08. The van der Waals surface area contributed by atoms with Crippen LogP contribution in [0.25, 0.3) is 6.08 Å². The lowest BCUT2D eigenvalue weighted by molar-refractivity contribution is -0.387. The maximum atomic E-state index is 13.1. The predicted molar refractivity (Wildman–Crippen MR) is 126 cm³/mol. The van der Waals surface area contributed by atoms with Crippen LogP contribution >= 0.6 is 23.5 Å². The number of nitrogens with zero attached hydrogens (tertiary/aromatic N) is 2. The fourth-order valence-corrected chi connectivity index (χ4v) is 4.89. The number of hydrogen-bond donors (Lipinski definition) is 0. The molecule has 0 aromatic heterocycles. The van der Waals surface area contributed by atoms with Gasteiger partial charge in [0.25, 0.3) is 16.8 Å². The highest BCUT2D eigenvalue weighted by Gasteiger charge is 2.35. The minimum absolute atomic E-state index is 0.0224. The zero-order valence-corrected chi connectivity index (χ0v) is 19.0. The van der Waals surface area contributed by atoms with E-state index < -0.39 is 21.9 Å². The molecule has 0 bridgehead atoms. The number of carbonyl (C=O) groups excluding carboxylic acids is 2. The molecule has 4 rings (SSSR count). The summed E-state index contributed by atoms with van der Waals surface area (Å²) in [6.45, 7) is 1.99. The van der Waals surface area contributed by atoms with Crippen molar-refractivity contribution >= 4 is 46.4 Å². The number of benzene rings is 3. The van der Waals surface area contributed by atoms with Gasteiger partial charge in [-0.15, -0.1) is 0 Å². The van der Waals surface area contributed by atoms with Crippen LogP contribution in [-0.2, 0) is 11.3 Å². The van der Waals surface area contributed by atoms with Gasteiger partial charge in [-0.25, -0.2) is 4.39 Å². The van der Waals surface area contributed by atoms with Crippen molar-refractivity contribution in [3.63, 3.8) is 0 Å². The predicted octanol–water partition coefficient (Wildman–Crippen LogP) is 6.43. The van der Waals surface area contributed by atoms with E-state index in [0.717, 1.165) is 27.1 Å². The van der Waals surface area contributed by atoms with E-state index in [-0.39, 0.29) is 17.1 Å². The average molecular weight is 481 g/mol. The lowest BCUT2D eigenvalue weighted by Crippen LogP contribution is -2.27. The normalized spacial score (nSPS) is 14.8. The topological polar surface area (TPSA) is 80.5 Å². The second-order valence-electron chi connectivity index (χ2n) is 7.29. The highest BCUT2D eigenvalue weighted by atomic mass is 32.2. The van der Waals surface area contributed by atoms with Gasteiger partial charge in [0.1, 0.15) is 5.82 Å². The minimum atomic E-state index is -0.491. The lowest BCUT2D eigenvalue weighted by Gasteiger charge is -2.12. The van der Waals surface area contributed by atoms with Crippen LogP contribution in [0.4, 0.5) is 14.9 Å². The first-order valence-corrected chi connectivity index (χ1v) is 11.5. The molecule has 0 spiro atoms. The molecule has 0 radical (unpaired) electrons. The van der Waals surface area contributed by atoms with Crippen LogP contribution in [0.5, 0.6) is 0 Å². The minimum Gasteiger partial charge on any atom is -0.268 e. The summed E-state index contributed by atoms with van der Waals surface area (Å²) in [6, 6.07) is 17.9. The average Bonchev–Trinajstić information content (AvgIpc) is 3.05. The number of hydrogen-bond acceptors (Lipinski definition) is 6. The molecule has 0 saturated carbocycles. The van der Waals surface area contributed by atoms with Crippen LogP contribution in [0.2, 0.25) is 0 Å². The SMILES string of the molecule is Cc1ccc(Sc2ccc(C=C3SC(=O)N(Cc4ccc(F)cc4)C3=O)cc2[N+](=O)[O-])cc1. The first kappa shape index (κ1) is 22.8. The zero-order valence-electron chi connectivity index (χ0n) is 17.4. The van der Waals surface area contributed by atoms with Gasteiger partial charge >= 0.3 is 0 Å². The molecular weight excluding hydrogens is 463 g/mol. The third-order valence-corrected chi connectivity index (χ3v) is 6.83. The molecular formula is C24H17FN2O4S2. The highest BCUT2D eigenvalue weighted by Crippen LogP contribution is 2.37. The van der Waals surface area contributed by atoms with Crippen molar-refractivity contribution in [1.29, 1.82) is 0 Å². The molecule has 1 aliphatic heterocycles. The zero-order chi connectivity index (χ0) is 23.5. The monoisotopic (exact) mass is 480 g/mol. The number of amides is 2. The quantitative estimate of drug-likeness (QED) is 0.230. The highest BCUT2D eigenvalue weighted by molar-refractivity contribution is 8.18. The number of nitro groups is 1. The fraction of sp³-hybridized carbons (Fsp3) is 0.0833. The van der Waals surface area contributed by atoms with E-state index in [4.69, 9.17) is 0 Å². The Balaban J connectivity index is 1.56. The summed E-state index contributed by atoms with van der Waals surface area (Å²) in [7, 11) is 0. The third kappa shape index (κ3) is 5.32. The molecule has 6 nitrogen and oxygen atoms in total. The van der Waals surface area contributed by atoms with E-state index in [2.05, 4.69) is 0 Å². The van der Waals surface area contributed by atoms with E-state index in [1.807, 2.05) is 31.2 Å². The van der Waals surface area contributed by atoms with Gasteiger partial charge in [-0.3, -0.25) is 24.6 Å². The molecule has 1 aliphatic rings. The van der Waals surface area contributed by atoms with Crippen LogP contribution in [0.1, 0.15) is 16.7 Å². The number of aryl methyl sites for hydroxylation is 1. The summed E-state index contributed by atoms with van der Waals surface area (Å²) >= 11 is 2.05. The Kier molecular flexibility index (Phi) is 6.62. The first-order chi connectivity index (χ1) is 15.8. The molecule has 3 aromatic rings. The molecule has 9 heteroatoms. The van der Waals surface area contributed by atoms with Gasteiger partial charge in [-0.1, -0.05) is 47.7 Å². The van der Waals surface area contributed by atoms with E-state index in [1.165, 1.54) is 48.2 Å². The number of imide groups is 1. The fourth-order valence-electron chi connectivity index (χ4n) is 3.15. The Morgan fingerprint density at radius 3 is 2.42 bits per heavy atom. The van der Waals surface area contributed by atoms with Gasteiger partial charge in [-0.2, -0.15) is 0 Å². The lowest BCUT2D eigenvalue weighted by atomic mass is 10.1. The number of carbonyl (C=O) groups is 2. The maximum Gasteiger partial charge on any atom is 0.293 e. The third-order valence-electron chi connectivity index (χ3n) is 4.85. The number of thioether (sulfide) groups is 1. The van der Waals surface area contributed by atoms with Crippen molar-refractivity contribution in [2.24, 2.45) is 0 Å². The maximum absolute atomic E-state index is 13.1. The standard InChI is InChI=1S/C24H17FN2O4S2/c1-15-2-9-19(10-3-15)32-21-11-6-17(12-20(21)27(30)31)13-22-23(28)26(24(29)33-22)14-16-4-7-18(25)8-5-16/h2-13H,14H2,1H3. The molecule has 1 fully saturated rings. The van der Waals surface area contributed by atoms with Crippen molar-refractivity contribution in [3.8, 4) is 0 Å². The molecule has 166 valence electrons. The summed E-state index contributed by atoms with van der Waals surface area (Å²) < 4.78 is 13.1. The second kappa shape index (κ2) is 9.60. The van der Waals surface area contributed by atoms with Gasteiger partial charge in [0, 0.05) is 11.0 Å². The molecule has 1 heterocycles. The second-order valence-corrected chi connectivity index (χ2v) is 9.40. The van der Waals surface area contributed by atoms with E-state index >= 15 is 0 Å². The van der Waals surface area contributed by atoms with Crippen molar-refractivity contribution in [1.82, 2.24) is 4.90 Å². The van der Waals surface area contributed by atoms with Crippen LogP contribution < -0.4 is 0 Å². The molecule has 3 aromatic carbocycles. The molecule has 2 amide bonds. The largest absolute Gasteiger partial charge is 0.293 e. The van der Waals surface area contributed by atoms with E-state index in [9.17, 15) is 24.1 Å². The summed E-state index contributed by atoms with van der Waals surface area (Å²) in [6.07, 6.45) is 1.48. The first-order valence-electron chi connectivity index (χ1n) is 9.83. The molecule has 0 unspecified atom stereocenters. The van der Waals surface area contributed by atoms with Crippen LogP contribution in [0.3, 0.4) is 0 Å². The Labute approximate surface area is 197 Å². The Hall–Kier alpha value is -3.43. The molecule has 0 N–H and O–H groups in total. The van der Waals surface area contributed by atoms with Crippen molar-refractivity contribution < 1.29 is 18.9 Å². The van der Waals surface area contributed by atoms with E-state index in [1.54, 1.807) is 12.1 Å². The Morgan fingerprint density at radius 1 is 1.06 bits per heavy atom. The van der Waals surface area contributed by atoms with Crippen molar-refractivity contribution in [3.05, 3.63) is 104 Å². The molecule has 33 heavy (non-hydrogen) atoms. The number of rotatable bonds is 6. The Bertz CT molecular complexity index is 1270. The van der Waals surface area contributed by atoms with Gasteiger partial charge in [0.05, 0.1) is 21.3 Å². The Morgan fingerprint density at radius 2 is 1.76 bits per heavy atom. The van der Waals surface area contributed by atoms with E-state index in [0.29, 0.717) is 16.0 Å². The van der Waals surface area contributed by atoms with Crippen molar-refractivity contribution in [2.75, 3.05) is 0 Å². The number of halogens is 1. The van der Waals surface area contributed by atoms with Crippen molar-refractivity contribution in [2.45, 2.75) is 23.3 Å². The van der Waals surface area contributed by atoms with Crippen LogP contribution in [0.15, 0.2) is 81.4 Å². The van der Waals surface area contributed by atoms with Gasteiger partial charge in [0.15, 0.2) is 0 Å². The molecule has 0 atom stereocenters. The number of nitro benzene ring substituents is 1. The van der Waals surface area contributed by atoms with Gasteiger partial charge in [0.2, 0.25) is 0 Å². The van der Waals surface area contributed by atoms with Gasteiger partial charge < -0.3 is 0 Å². The summed E-state index contributed by atoms with van der Waals surface area (Å²) in [5, 5.41) is 11.2. The summed E-state index contributed by atoms with van der Waals surface area (Å²) in [4.78, 5) is 38.9. The summed E-state index contributed by atoms with van der Waals surface area (Å²) in [5.74, 6) is -0.895. The molecule has 1 saturated heterocycles.